The van der Waals surface area contributed by atoms with Crippen molar-refractivity contribution >= 4 is 14.3 Å². The van der Waals surface area contributed by atoms with Crippen molar-refractivity contribution in [2.45, 2.75) is 127 Å². The number of aliphatic hydroxyl groups is 1. The first kappa shape index (κ1) is 47.9. The molecule has 3 fully saturated rings. The second kappa shape index (κ2) is 21.9. The van der Waals surface area contributed by atoms with Gasteiger partial charge in [-0.2, -0.15) is 0 Å². The minimum atomic E-state index is -2.46. The molecule has 11 atom stereocenters. The predicted molar refractivity (Wildman–Crippen MR) is 242 cm³/mol. The van der Waals surface area contributed by atoms with E-state index in [9.17, 15) is 9.90 Å². The number of rotatable bonds is 19. The summed E-state index contributed by atoms with van der Waals surface area (Å²) in [6.45, 7) is 17.7. The van der Waals surface area contributed by atoms with Crippen LogP contribution in [-0.2, 0) is 60.3 Å². The van der Waals surface area contributed by atoms with Crippen LogP contribution in [0.1, 0.15) is 61.0 Å². The third-order valence-electron chi connectivity index (χ3n) is 13.1. The molecular weight excluding hydrogens is 833 g/mol. The molecule has 0 aromatic heterocycles. The Hall–Kier alpha value is -4.09. The second-order valence-electron chi connectivity index (χ2n) is 17.9. The molecule has 12 nitrogen and oxygen atoms in total. The Morgan fingerprint density at radius 2 is 1.36 bits per heavy atom. The summed E-state index contributed by atoms with van der Waals surface area (Å²) in [7, 11) is -2.46. The van der Waals surface area contributed by atoms with Crippen molar-refractivity contribution < 1.29 is 57.0 Å². The number of carbonyl (C=O) groups is 1. The lowest BCUT2D eigenvalue weighted by Gasteiger charge is -2.51. The quantitative estimate of drug-likeness (QED) is 0.0550. The number of fused-ring (bicyclic) bond motifs is 1. The monoisotopic (exact) mass is 896 g/mol. The molecule has 13 heteroatoms. The molecule has 0 radical (unpaired) electrons. The van der Waals surface area contributed by atoms with E-state index in [-0.39, 0.29) is 38.1 Å². The molecular formula is C51H64O12Si. The minimum absolute atomic E-state index is 0.0579. The molecule has 0 bridgehead atoms. The second-order valence-corrected chi connectivity index (χ2v) is 22.5. The lowest BCUT2D eigenvalue weighted by Crippen LogP contribution is -2.67. The normalized spacial score (nSPS) is 28.6. The summed E-state index contributed by atoms with van der Waals surface area (Å²) in [5.74, 6) is -0.295. The zero-order chi connectivity index (χ0) is 45.3. The average molecular weight is 897 g/mol. The Labute approximate surface area is 378 Å². The van der Waals surface area contributed by atoms with Crippen LogP contribution in [0.25, 0.3) is 0 Å². The maximum absolute atomic E-state index is 14.0. The van der Waals surface area contributed by atoms with Gasteiger partial charge in [-0.3, -0.25) is 0 Å². The molecule has 3 saturated heterocycles. The molecule has 1 N–H and O–H groups in total. The summed E-state index contributed by atoms with van der Waals surface area (Å²) < 4.78 is 66.2. The molecule has 4 aromatic carbocycles. The van der Waals surface area contributed by atoms with Crippen LogP contribution in [0, 0.1) is 5.92 Å². The van der Waals surface area contributed by atoms with Gasteiger partial charge in [0.1, 0.15) is 42.7 Å². The lowest BCUT2D eigenvalue weighted by molar-refractivity contribution is -0.389. The van der Waals surface area contributed by atoms with Crippen LogP contribution in [0.5, 0.6) is 0 Å². The molecule has 0 saturated carbocycles. The highest BCUT2D eigenvalue weighted by Crippen LogP contribution is 2.45. The van der Waals surface area contributed by atoms with Gasteiger partial charge in [-0.15, -0.1) is 6.58 Å². The van der Waals surface area contributed by atoms with Crippen LogP contribution in [0.3, 0.4) is 0 Å². The molecule has 0 unspecified atom stereocenters. The van der Waals surface area contributed by atoms with E-state index in [0.29, 0.717) is 11.5 Å². The van der Waals surface area contributed by atoms with Crippen molar-refractivity contribution in [2.75, 3.05) is 19.8 Å². The van der Waals surface area contributed by atoms with Gasteiger partial charge in [-0.1, -0.05) is 143 Å². The van der Waals surface area contributed by atoms with E-state index < -0.39 is 82.0 Å². The van der Waals surface area contributed by atoms with Crippen molar-refractivity contribution in [3.63, 3.8) is 0 Å². The first-order valence-electron chi connectivity index (χ1n) is 22.3. The fourth-order valence-corrected chi connectivity index (χ4v) is 10.4. The summed E-state index contributed by atoms with van der Waals surface area (Å²) in [4.78, 5) is 14.0. The standard InChI is InChI=1S/C51H64O12Si/c1-8-29-54-45-43-39(32-57-48(63-43)38-27-19-12-20-28-38)60-50(46(45)61-47(53)37-25-17-11-18-26-37)62-42-40(33-58-64(6,7)51(4,5)34(2)3)59-49(56-31-36-23-15-10-16-24-36)44(41(42)52)55-30-35-21-13-9-14-22-35/h8-28,34,39-46,48-50,52H,1,29-33H2,2-7H3/t39-,40-,41+,42-,43+,44-,45+,46-,48+,49+,50+/m1/s1. The average Bonchev–Trinajstić information content (AvgIpc) is 3.31. The fraction of sp³-hybridized carbons (Fsp3) is 0.471. The van der Waals surface area contributed by atoms with E-state index in [1.165, 1.54) is 0 Å². The third kappa shape index (κ3) is 11.5. The number of hydrogen-bond acceptors (Lipinski definition) is 12. The molecule has 3 heterocycles. The Balaban J connectivity index is 1.24. The van der Waals surface area contributed by atoms with Gasteiger partial charge in [-0.25, -0.2) is 4.79 Å². The van der Waals surface area contributed by atoms with Crippen molar-refractivity contribution in [2.24, 2.45) is 5.92 Å². The number of ether oxygens (including phenoxy) is 9. The van der Waals surface area contributed by atoms with Crippen molar-refractivity contribution in [3.05, 3.63) is 156 Å². The molecule has 3 aliphatic rings. The molecule has 0 amide bonds. The van der Waals surface area contributed by atoms with Crippen molar-refractivity contribution in [3.8, 4) is 0 Å². The van der Waals surface area contributed by atoms with Gasteiger partial charge in [0.15, 0.2) is 33.3 Å². The molecule has 64 heavy (non-hydrogen) atoms. The van der Waals surface area contributed by atoms with Crippen LogP contribution in [-0.4, -0.2) is 101 Å². The van der Waals surface area contributed by atoms with Crippen LogP contribution in [0.2, 0.25) is 18.1 Å². The van der Waals surface area contributed by atoms with Gasteiger partial charge < -0.3 is 52.2 Å². The minimum Gasteiger partial charge on any atom is -0.450 e. The van der Waals surface area contributed by atoms with Crippen LogP contribution in [0.4, 0.5) is 0 Å². The predicted octanol–water partition coefficient (Wildman–Crippen LogP) is 8.55. The number of esters is 1. The molecule has 0 spiro atoms. The Morgan fingerprint density at radius 1 is 0.766 bits per heavy atom. The van der Waals surface area contributed by atoms with Gasteiger partial charge in [0, 0.05) is 5.56 Å². The number of carbonyl (C=O) groups excluding carboxylic acids is 1. The summed E-state index contributed by atoms with van der Waals surface area (Å²) in [6.07, 6.45) is -9.53. The third-order valence-corrected chi connectivity index (χ3v) is 17.6. The maximum Gasteiger partial charge on any atom is 0.338 e. The van der Waals surface area contributed by atoms with E-state index in [1.807, 2.05) is 97.1 Å². The molecule has 3 aliphatic heterocycles. The highest BCUT2D eigenvalue weighted by molar-refractivity contribution is 6.74. The van der Waals surface area contributed by atoms with Gasteiger partial charge in [0.25, 0.3) is 0 Å². The smallest absolute Gasteiger partial charge is 0.338 e. The van der Waals surface area contributed by atoms with E-state index in [4.69, 9.17) is 47.1 Å². The van der Waals surface area contributed by atoms with E-state index >= 15 is 0 Å². The highest BCUT2D eigenvalue weighted by Gasteiger charge is 2.56. The SMILES string of the molecule is C=CCO[C@H]1[C@H]2O[C@@H](c3ccccc3)OC[C@H]2O[C@@H](O[C@H]2[C@H](O)[C@@H](OCc3ccccc3)[C@@H](OCc3ccccc3)O[C@@H]2CO[Si](C)(C)C(C)(C)C(C)C)[C@@H]1OC(=O)c1ccccc1. The molecule has 344 valence electrons. The summed E-state index contributed by atoms with van der Waals surface area (Å²) in [5, 5.41) is 12.6. The first-order valence-corrected chi connectivity index (χ1v) is 25.2. The largest absolute Gasteiger partial charge is 0.450 e. The van der Waals surface area contributed by atoms with Crippen LogP contribution < -0.4 is 0 Å². The number of aliphatic hydroxyl groups excluding tert-OH is 1. The zero-order valence-electron chi connectivity index (χ0n) is 37.7. The van der Waals surface area contributed by atoms with Crippen LogP contribution in [0.15, 0.2) is 134 Å². The van der Waals surface area contributed by atoms with E-state index in [1.54, 1.807) is 30.3 Å². The molecule has 0 aliphatic carbocycles. The highest BCUT2D eigenvalue weighted by atomic mass is 28.4. The zero-order valence-corrected chi connectivity index (χ0v) is 38.7. The van der Waals surface area contributed by atoms with Gasteiger partial charge in [-0.05, 0) is 47.3 Å². The number of benzene rings is 4. The Kier molecular flexibility index (Phi) is 16.4. The van der Waals surface area contributed by atoms with Gasteiger partial charge >= 0.3 is 5.97 Å². The Morgan fingerprint density at radius 3 is 1.97 bits per heavy atom. The Bertz CT molecular complexity index is 2040. The maximum atomic E-state index is 14.0. The van der Waals surface area contributed by atoms with Crippen molar-refractivity contribution in [1.29, 1.82) is 0 Å². The summed E-state index contributed by atoms with van der Waals surface area (Å²) in [6, 6.07) is 37.7. The summed E-state index contributed by atoms with van der Waals surface area (Å²) in [5.41, 5.74) is 2.94. The summed E-state index contributed by atoms with van der Waals surface area (Å²) >= 11 is 0. The fourth-order valence-electron chi connectivity index (χ4n) is 8.05. The number of hydrogen-bond donors (Lipinski definition) is 1. The van der Waals surface area contributed by atoms with Gasteiger partial charge in [0.2, 0.25) is 0 Å². The van der Waals surface area contributed by atoms with Gasteiger partial charge in [0.05, 0.1) is 38.6 Å². The van der Waals surface area contributed by atoms with E-state index in [0.717, 1.165) is 16.7 Å². The topological polar surface area (TPSA) is 130 Å². The lowest BCUT2D eigenvalue weighted by atomic mass is 9.95. The van der Waals surface area contributed by atoms with Crippen molar-refractivity contribution in [1.82, 2.24) is 0 Å². The molecule has 7 rings (SSSR count). The first-order chi connectivity index (χ1) is 30.9. The van der Waals surface area contributed by atoms with E-state index in [2.05, 4.69) is 47.4 Å². The van der Waals surface area contributed by atoms with Crippen LogP contribution >= 0.6 is 0 Å². The molecule has 4 aromatic rings.